The lowest BCUT2D eigenvalue weighted by Gasteiger charge is -2.17. The highest BCUT2D eigenvalue weighted by Gasteiger charge is 2.40. The van der Waals surface area contributed by atoms with E-state index in [2.05, 4.69) is 5.32 Å². The monoisotopic (exact) mass is 417 g/mol. The molecule has 0 bridgehead atoms. The van der Waals surface area contributed by atoms with Crippen LogP contribution in [0.25, 0.3) is 5.57 Å². The zero-order valence-electron chi connectivity index (χ0n) is 16.3. The van der Waals surface area contributed by atoms with Crippen LogP contribution in [0, 0.1) is 22.9 Å². The van der Waals surface area contributed by atoms with Crippen molar-refractivity contribution in [3.8, 4) is 0 Å². The first-order chi connectivity index (χ1) is 14.9. The molecule has 0 fully saturated rings. The summed E-state index contributed by atoms with van der Waals surface area (Å²) < 4.78 is 13.7. The molecule has 8 heteroatoms. The molecule has 0 saturated heterocycles. The Balaban J connectivity index is 1.84. The molecular weight excluding hydrogens is 401 g/mol. The zero-order valence-corrected chi connectivity index (χ0v) is 16.3. The van der Waals surface area contributed by atoms with Gasteiger partial charge in [-0.2, -0.15) is 0 Å². The molecule has 0 aliphatic carbocycles. The first kappa shape index (κ1) is 20.0. The number of amides is 2. The van der Waals surface area contributed by atoms with Crippen LogP contribution >= 0.6 is 0 Å². The summed E-state index contributed by atoms with van der Waals surface area (Å²) in [6.45, 7) is 1.78. The second-order valence-electron chi connectivity index (χ2n) is 6.92. The third-order valence-corrected chi connectivity index (χ3v) is 4.90. The van der Waals surface area contributed by atoms with E-state index in [4.69, 9.17) is 0 Å². The van der Waals surface area contributed by atoms with Gasteiger partial charge < -0.3 is 5.32 Å². The topological polar surface area (TPSA) is 92.6 Å². The van der Waals surface area contributed by atoms with Crippen molar-refractivity contribution in [3.05, 3.63) is 106 Å². The van der Waals surface area contributed by atoms with Crippen molar-refractivity contribution in [2.75, 3.05) is 10.2 Å². The minimum atomic E-state index is -0.600. The average Bonchev–Trinajstić information content (AvgIpc) is 2.98. The van der Waals surface area contributed by atoms with Gasteiger partial charge in [0, 0.05) is 17.8 Å². The van der Waals surface area contributed by atoms with Gasteiger partial charge in [-0.3, -0.25) is 19.7 Å². The molecule has 1 aliphatic heterocycles. The lowest BCUT2D eigenvalue weighted by molar-refractivity contribution is -0.384. The number of aryl methyl sites for hydroxylation is 1. The van der Waals surface area contributed by atoms with Gasteiger partial charge in [0.1, 0.15) is 11.5 Å². The Bertz CT molecular complexity index is 1250. The minimum absolute atomic E-state index is 0.0345. The number of hydrogen-bond donors (Lipinski definition) is 1. The number of halogens is 1. The van der Waals surface area contributed by atoms with E-state index in [0.717, 1.165) is 10.5 Å². The quantitative estimate of drug-likeness (QED) is 0.376. The molecule has 0 spiro atoms. The number of nitro groups is 1. The third-order valence-electron chi connectivity index (χ3n) is 4.90. The maximum absolute atomic E-state index is 13.7. The van der Waals surface area contributed by atoms with Gasteiger partial charge in [0.25, 0.3) is 17.5 Å². The number of para-hydroxylation sites is 1. The van der Waals surface area contributed by atoms with E-state index in [9.17, 15) is 24.1 Å². The van der Waals surface area contributed by atoms with Gasteiger partial charge in [0.2, 0.25) is 0 Å². The molecule has 154 valence electrons. The summed E-state index contributed by atoms with van der Waals surface area (Å²) in [5.41, 5.74) is 1.64. The lowest BCUT2D eigenvalue weighted by atomic mass is 10.0. The molecule has 31 heavy (non-hydrogen) atoms. The number of nitrogens with zero attached hydrogens (tertiary/aromatic N) is 2. The second-order valence-corrected chi connectivity index (χ2v) is 6.92. The average molecular weight is 417 g/mol. The summed E-state index contributed by atoms with van der Waals surface area (Å²) in [7, 11) is 0. The van der Waals surface area contributed by atoms with Gasteiger partial charge in [-0.05, 0) is 54.4 Å². The molecular formula is C23H16FN3O4. The number of nitro benzene ring substituents is 1. The summed E-state index contributed by atoms with van der Waals surface area (Å²) >= 11 is 0. The Hall–Kier alpha value is -4.33. The van der Waals surface area contributed by atoms with Crippen LogP contribution in [-0.4, -0.2) is 16.7 Å². The van der Waals surface area contributed by atoms with Crippen molar-refractivity contribution in [1.82, 2.24) is 0 Å². The maximum Gasteiger partial charge on any atom is 0.282 e. The van der Waals surface area contributed by atoms with Crippen molar-refractivity contribution in [2.45, 2.75) is 6.92 Å². The summed E-state index contributed by atoms with van der Waals surface area (Å²) in [6, 6.07) is 17.8. The van der Waals surface area contributed by atoms with Crippen LogP contribution in [-0.2, 0) is 9.59 Å². The van der Waals surface area contributed by atoms with E-state index in [0.29, 0.717) is 16.9 Å². The first-order valence-electron chi connectivity index (χ1n) is 9.33. The van der Waals surface area contributed by atoms with Crippen molar-refractivity contribution in [3.63, 3.8) is 0 Å². The highest BCUT2D eigenvalue weighted by atomic mass is 19.1. The van der Waals surface area contributed by atoms with E-state index in [1.54, 1.807) is 37.3 Å². The number of carbonyl (C=O) groups excluding carboxylic acids is 2. The van der Waals surface area contributed by atoms with Crippen molar-refractivity contribution < 1.29 is 18.9 Å². The van der Waals surface area contributed by atoms with E-state index in [1.165, 1.54) is 42.5 Å². The van der Waals surface area contributed by atoms with Crippen LogP contribution in [0.3, 0.4) is 0 Å². The molecule has 2 amide bonds. The summed E-state index contributed by atoms with van der Waals surface area (Å²) in [5.74, 6) is -1.68. The van der Waals surface area contributed by atoms with Gasteiger partial charge in [-0.15, -0.1) is 0 Å². The number of non-ortho nitro benzene ring substituents is 1. The number of imide groups is 1. The Kier molecular flexibility index (Phi) is 5.04. The number of benzene rings is 3. The van der Waals surface area contributed by atoms with E-state index in [-0.39, 0.29) is 17.0 Å². The smallest absolute Gasteiger partial charge is 0.282 e. The molecule has 4 rings (SSSR count). The molecule has 0 radical (unpaired) electrons. The fourth-order valence-corrected chi connectivity index (χ4v) is 3.41. The Labute approximate surface area is 176 Å². The minimum Gasteiger partial charge on any atom is -0.350 e. The van der Waals surface area contributed by atoms with Gasteiger partial charge >= 0.3 is 0 Å². The Morgan fingerprint density at radius 3 is 2.29 bits per heavy atom. The van der Waals surface area contributed by atoms with Gasteiger partial charge in [0.15, 0.2) is 0 Å². The van der Waals surface area contributed by atoms with E-state index < -0.39 is 22.6 Å². The van der Waals surface area contributed by atoms with Crippen molar-refractivity contribution in [1.29, 1.82) is 0 Å². The van der Waals surface area contributed by atoms with Crippen molar-refractivity contribution >= 4 is 34.4 Å². The number of hydrogen-bond acceptors (Lipinski definition) is 5. The largest absolute Gasteiger partial charge is 0.350 e. The highest BCUT2D eigenvalue weighted by molar-refractivity contribution is 6.46. The summed E-state index contributed by atoms with van der Waals surface area (Å²) in [5, 5.41) is 13.8. The van der Waals surface area contributed by atoms with Crippen LogP contribution in [0.1, 0.15) is 11.1 Å². The first-order valence-corrected chi connectivity index (χ1v) is 9.33. The molecule has 0 aromatic heterocycles. The van der Waals surface area contributed by atoms with Gasteiger partial charge in [0.05, 0.1) is 16.2 Å². The second kappa shape index (κ2) is 7.83. The molecule has 3 aromatic rings. The Morgan fingerprint density at radius 2 is 1.65 bits per heavy atom. The molecule has 0 saturated carbocycles. The maximum atomic E-state index is 13.7. The predicted molar refractivity (Wildman–Crippen MR) is 114 cm³/mol. The number of anilines is 2. The number of nitrogens with one attached hydrogen (secondary N) is 1. The van der Waals surface area contributed by atoms with Gasteiger partial charge in [-0.1, -0.05) is 24.3 Å². The lowest BCUT2D eigenvalue weighted by Crippen LogP contribution is -2.33. The molecule has 0 unspecified atom stereocenters. The third kappa shape index (κ3) is 3.66. The van der Waals surface area contributed by atoms with Crippen LogP contribution in [0.4, 0.5) is 21.5 Å². The van der Waals surface area contributed by atoms with Crippen LogP contribution in [0.5, 0.6) is 0 Å². The fraction of sp³-hybridized carbons (Fsp3) is 0.0435. The number of rotatable bonds is 5. The van der Waals surface area contributed by atoms with Gasteiger partial charge in [-0.25, -0.2) is 9.29 Å². The summed E-state index contributed by atoms with van der Waals surface area (Å²) in [6.07, 6.45) is 0. The Morgan fingerprint density at radius 1 is 0.935 bits per heavy atom. The highest BCUT2D eigenvalue weighted by Crippen LogP contribution is 2.35. The standard InChI is InChI=1S/C23H16FN3O4/c1-14-5-2-3-8-19(14)26-22(28)20(15-9-11-18(12-10-15)27(30)31)21(23(26)29)25-17-7-4-6-16(24)13-17/h2-13,25H,1H3. The molecule has 7 nitrogen and oxygen atoms in total. The fourth-order valence-electron chi connectivity index (χ4n) is 3.41. The molecule has 1 aliphatic rings. The van der Waals surface area contributed by atoms with Crippen LogP contribution < -0.4 is 10.2 Å². The SMILES string of the molecule is Cc1ccccc1N1C(=O)C(Nc2cccc(F)c2)=C(c2ccc([N+](=O)[O-])cc2)C1=O. The van der Waals surface area contributed by atoms with Crippen molar-refractivity contribution in [2.24, 2.45) is 0 Å². The molecule has 0 atom stereocenters. The predicted octanol–water partition coefficient (Wildman–Crippen LogP) is 4.44. The normalized spacial score (nSPS) is 13.7. The van der Waals surface area contributed by atoms with Crippen LogP contribution in [0.15, 0.2) is 78.5 Å². The zero-order chi connectivity index (χ0) is 22.1. The molecule has 3 aromatic carbocycles. The van der Waals surface area contributed by atoms with E-state index in [1.807, 2.05) is 0 Å². The molecule has 1 N–H and O–H groups in total. The van der Waals surface area contributed by atoms with Crippen LogP contribution in [0.2, 0.25) is 0 Å². The van der Waals surface area contributed by atoms with E-state index >= 15 is 0 Å². The summed E-state index contributed by atoms with van der Waals surface area (Å²) in [4.78, 5) is 38.1. The molecule has 1 heterocycles. The number of carbonyl (C=O) groups is 2.